The molecule has 0 unspecified atom stereocenters. The van der Waals surface area contributed by atoms with Crippen molar-refractivity contribution in [1.29, 1.82) is 0 Å². The van der Waals surface area contributed by atoms with Gasteiger partial charge in [0.25, 0.3) is 11.8 Å². The molecule has 8 aromatic carbocycles. The maximum atomic E-state index is 15.3. The van der Waals surface area contributed by atoms with Gasteiger partial charge in [0.1, 0.15) is 0 Å². The Kier molecular flexibility index (Phi) is 8.31. The van der Waals surface area contributed by atoms with Crippen LogP contribution in [0.5, 0.6) is 0 Å². The number of aromatic nitrogens is 1. The predicted molar refractivity (Wildman–Crippen MR) is 239 cm³/mol. The van der Waals surface area contributed by atoms with E-state index >= 15 is 4.79 Å². The first-order valence-electron chi connectivity index (χ1n) is 19.8. The van der Waals surface area contributed by atoms with E-state index in [4.69, 9.17) is 0 Å². The molecule has 0 bridgehead atoms. The third-order valence-electron chi connectivity index (χ3n) is 11.7. The third kappa shape index (κ3) is 5.60. The average Bonchev–Trinajstić information content (AvgIpc) is 3.72. The van der Waals surface area contributed by atoms with Gasteiger partial charge in [0, 0.05) is 21.9 Å². The van der Waals surface area contributed by atoms with Crippen molar-refractivity contribution in [2.24, 2.45) is 0 Å². The van der Waals surface area contributed by atoms with Gasteiger partial charge in [-0.3, -0.25) is 9.59 Å². The summed E-state index contributed by atoms with van der Waals surface area (Å²) in [5.41, 5.74) is 16.9. The van der Waals surface area contributed by atoms with E-state index in [9.17, 15) is 4.79 Å². The molecule has 2 heterocycles. The number of rotatable bonds is 6. The van der Waals surface area contributed by atoms with E-state index in [1.54, 1.807) is 6.07 Å². The van der Waals surface area contributed by atoms with Gasteiger partial charge >= 0.3 is 0 Å². The molecule has 0 atom stereocenters. The minimum atomic E-state index is -0.345. The topological polar surface area (TPSA) is 42.3 Å². The first-order chi connectivity index (χ1) is 28.3. The number of nitrogens with zero attached hydrogens (tertiary/aromatic N) is 2. The summed E-state index contributed by atoms with van der Waals surface area (Å²) in [6.45, 7) is 8.54. The molecule has 278 valence electrons. The summed E-state index contributed by atoms with van der Waals surface area (Å²) in [6.07, 6.45) is 0. The smallest absolute Gasteiger partial charge is 0.268 e. The molecule has 0 radical (unpaired) electrons. The summed E-state index contributed by atoms with van der Waals surface area (Å²) in [5, 5.41) is 2.15. The van der Waals surface area contributed by atoms with Gasteiger partial charge < -0.3 is 4.57 Å². The fraction of sp³-hybridized carbons (Fsp3) is 0.0741. The van der Waals surface area contributed by atoms with Crippen molar-refractivity contribution in [1.82, 2.24) is 4.57 Å². The summed E-state index contributed by atoms with van der Waals surface area (Å²) < 4.78 is 2.26. The van der Waals surface area contributed by atoms with Crippen LogP contribution in [0.4, 0.5) is 5.69 Å². The van der Waals surface area contributed by atoms with Gasteiger partial charge in [0.2, 0.25) is 0 Å². The zero-order chi connectivity index (χ0) is 39.7. The predicted octanol–water partition coefficient (Wildman–Crippen LogP) is 13.5. The zero-order valence-corrected chi connectivity index (χ0v) is 32.9. The molecule has 2 amide bonds. The van der Waals surface area contributed by atoms with Crippen molar-refractivity contribution < 1.29 is 9.59 Å². The van der Waals surface area contributed by atoms with Crippen LogP contribution in [-0.4, -0.2) is 16.4 Å². The minimum absolute atomic E-state index is 0.337. The summed E-state index contributed by atoms with van der Waals surface area (Å²) >= 11 is 0. The Hall–Kier alpha value is -7.30. The van der Waals surface area contributed by atoms with Gasteiger partial charge in [-0.15, -0.1) is 0 Å². The van der Waals surface area contributed by atoms with Gasteiger partial charge in [-0.05, 0) is 103 Å². The van der Waals surface area contributed by atoms with Crippen molar-refractivity contribution in [2.45, 2.75) is 27.7 Å². The Labute approximate surface area is 338 Å². The Morgan fingerprint density at radius 2 is 0.862 bits per heavy atom. The fourth-order valence-corrected chi connectivity index (χ4v) is 9.05. The molecule has 4 heteroatoms. The Morgan fingerprint density at radius 1 is 0.379 bits per heavy atom. The highest BCUT2D eigenvalue weighted by atomic mass is 16.2. The molecule has 0 spiro atoms. The molecule has 0 saturated carbocycles. The lowest BCUT2D eigenvalue weighted by Crippen LogP contribution is -2.29. The Bertz CT molecular complexity index is 2970. The monoisotopic (exact) mass is 748 g/mol. The minimum Gasteiger partial charge on any atom is -0.307 e. The first kappa shape index (κ1) is 35.1. The Balaban J connectivity index is 1.25. The van der Waals surface area contributed by atoms with Crippen LogP contribution in [0.25, 0.3) is 72.0 Å². The molecule has 1 aromatic heterocycles. The van der Waals surface area contributed by atoms with E-state index in [2.05, 4.69) is 135 Å². The van der Waals surface area contributed by atoms with Crippen LogP contribution in [0.1, 0.15) is 43.0 Å². The van der Waals surface area contributed by atoms with Crippen molar-refractivity contribution in [3.63, 3.8) is 0 Å². The molecule has 4 nitrogen and oxygen atoms in total. The maximum absolute atomic E-state index is 15.3. The second-order valence-electron chi connectivity index (χ2n) is 15.5. The molecule has 0 aliphatic carbocycles. The number of imide groups is 1. The van der Waals surface area contributed by atoms with E-state index < -0.39 is 0 Å². The van der Waals surface area contributed by atoms with Crippen LogP contribution in [0.2, 0.25) is 0 Å². The number of amides is 2. The van der Waals surface area contributed by atoms with E-state index in [1.165, 1.54) is 27.2 Å². The van der Waals surface area contributed by atoms with E-state index in [-0.39, 0.29) is 11.8 Å². The molecule has 0 fully saturated rings. The molecule has 0 saturated heterocycles. The van der Waals surface area contributed by atoms with E-state index in [1.807, 2.05) is 60.7 Å². The van der Waals surface area contributed by atoms with Crippen LogP contribution in [0.3, 0.4) is 0 Å². The largest absolute Gasteiger partial charge is 0.307 e. The highest BCUT2D eigenvalue weighted by Gasteiger charge is 2.40. The van der Waals surface area contributed by atoms with Gasteiger partial charge in [-0.1, -0.05) is 151 Å². The third-order valence-corrected chi connectivity index (χ3v) is 11.7. The summed E-state index contributed by atoms with van der Waals surface area (Å²) in [4.78, 5) is 31.4. The van der Waals surface area contributed by atoms with Crippen LogP contribution < -0.4 is 4.90 Å². The lowest BCUT2D eigenvalue weighted by Gasteiger charge is -2.19. The number of anilines is 1. The van der Waals surface area contributed by atoms with Gasteiger partial charge in [0.05, 0.1) is 33.5 Å². The van der Waals surface area contributed by atoms with E-state index in [0.29, 0.717) is 22.5 Å². The van der Waals surface area contributed by atoms with Gasteiger partial charge in [-0.25, -0.2) is 4.90 Å². The molecular weight excluding hydrogens is 709 g/mol. The summed E-state index contributed by atoms with van der Waals surface area (Å²) in [7, 11) is 0. The molecule has 10 rings (SSSR count). The second-order valence-corrected chi connectivity index (χ2v) is 15.5. The normalized spacial score (nSPS) is 12.5. The summed E-state index contributed by atoms with van der Waals surface area (Å²) in [5.74, 6) is -0.682. The zero-order valence-electron chi connectivity index (χ0n) is 32.9. The second kappa shape index (κ2) is 13.7. The number of para-hydroxylation sites is 2. The van der Waals surface area contributed by atoms with Crippen molar-refractivity contribution in [3.8, 4) is 50.2 Å². The average molecular weight is 749 g/mol. The number of hydrogen-bond acceptors (Lipinski definition) is 2. The molecule has 1 aliphatic rings. The summed E-state index contributed by atoms with van der Waals surface area (Å²) in [6, 6.07) is 58.0. The quantitative estimate of drug-likeness (QED) is 0.159. The molecular formula is C54H40N2O2. The molecule has 1 aliphatic heterocycles. The highest BCUT2D eigenvalue weighted by molar-refractivity contribution is 6.36. The molecule has 58 heavy (non-hydrogen) atoms. The molecule has 9 aromatic rings. The number of aryl methyl sites for hydroxylation is 4. The first-order valence-corrected chi connectivity index (χ1v) is 19.8. The standard InChI is InChI=1S/C54H40N2O2/c1-33-24-26-42(35(3)28-33)44-18-11-20-46-47-21-12-19-45(43-27-25-34(2)29-36(43)4)52(47)56(51(44)46)49-23-13-22-48-50(49)54(58)55(53(48)57)41-31-39(37-14-7-5-8-15-37)30-40(32-41)38-16-9-6-10-17-38/h5-32H,1-4H3. The fourth-order valence-electron chi connectivity index (χ4n) is 9.05. The van der Waals surface area contributed by atoms with Crippen molar-refractivity contribution in [3.05, 3.63) is 203 Å². The van der Waals surface area contributed by atoms with Crippen LogP contribution in [0, 0.1) is 27.7 Å². The molecule has 0 N–H and O–H groups in total. The SMILES string of the molecule is Cc1ccc(-c2cccc3c4cccc(-c5ccc(C)cc5C)c4n(-c4cccc5c4C(=O)N(c4cc(-c6ccccc6)cc(-c6ccccc6)c4)C5=O)c23)c(C)c1. The Morgan fingerprint density at radius 3 is 1.36 bits per heavy atom. The van der Waals surface area contributed by atoms with Crippen molar-refractivity contribution >= 4 is 39.3 Å². The number of fused-ring (bicyclic) bond motifs is 4. The number of carbonyl (C=O) groups excluding carboxylic acids is 2. The van der Waals surface area contributed by atoms with Crippen LogP contribution in [-0.2, 0) is 0 Å². The van der Waals surface area contributed by atoms with Crippen LogP contribution in [0.15, 0.2) is 170 Å². The van der Waals surface area contributed by atoms with Gasteiger partial charge in [0.15, 0.2) is 0 Å². The van der Waals surface area contributed by atoms with Crippen molar-refractivity contribution in [2.75, 3.05) is 4.90 Å². The van der Waals surface area contributed by atoms with Gasteiger partial charge in [-0.2, -0.15) is 0 Å². The number of carbonyl (C=O) groups is 2. The maximum Gasteiger partial charge on any atom is 0.268 e. The number of benzene rings is 8. The van der Waals surface area contributed by atoms with Crippen LogP contribution >= 0.6 is 0 Å². The number of hydrogen-bond donors (Lipinski definition) is 0. The van der Waals surface area contributed by atoms with E-state index in [0.717, 1.165) is 66.3 Å². The lowest BCUT2D eigenvalue weighted by molar-refractivity contribution is 0.0926. The lowest BCUT2D eigenvalue weighted by atomic mass is 9.95. The highest BCUT2D eigenvalue weighted by Crippen LogP contribution is 2.45.